The number of ether oxygens (including phenoxy) is 3. The van der Waals surface area contributed by atoms with Gasteiger partial charge in [0.05, 0.1) is 6.20 Å². The monoisotopic (exact) mass is 371 g/mol. The second-order valence-electron chi connectivity index (χ2n) is 6.57. The van der Waals surface area contributed by atoms with Gasteiger partial charge in [0.15, 0.2) is 5.57 Å². The highest BCUT2D eigenvalue weighted by molar-refractivity contribution is 6.15. The van der Waals surface area contributed by atoms with E-state index in [1.165, 1.54) is 20.0 Å². The van der Waals surface area contributed by atoms with Gasteiger partial charge >= 0.3 is 11.9 Å². The highest BCUT2D eigenvalue weighted by Crippen LogP contribution is 2.23. The van der Waals surface area contributed by atoms with Crippen LogP contribution in [0.1, 0.15) is 25.1 Å². The Balaban J connectivity index is 1.60. The third kappa shape index (κ3) is 4.28. The van der Waals surface area contributed by atoms with Gasteiger partial charge in [-0.1, -0.05) is 0 Å². The lowest BCUT2D eigenvalue weighted by Crippen LogP contribution is -2.42. The number of cyclic esters (lactones) is 2. The smallest absolute Gasteiger partial charge is 0.350 e. The first-order chi connectivity index (χ1) is 12.7. The Labute approximate surface area is 156 Å². The highest BCUT2D eigenvalue weighted by Gasteiger charge is 2.38. The molecule has 3 rings (SSSR count). The molecule has 0 bridgehead atoms. The highest BCUT2D eigenvalue weighted by atomic mass is 16.7. The minimum absolute atomic E-state index is 0.193. The van der Waals surface area contributed by atoms with Crippen LogP contribution in [0.25, 0.3) is 0 Å². The van der Waals surface area contributed by atoms with Crippen LogP contribution in [0.2, 0.25) is 0 Å². The number of benzene rings is 1. The molecule has 0 atom stereocenters. The third-order valence-electron chi connectivity index (χ3n) is 4.09. The molecule has 2 aromatic rings. The number of aryl methyl sites for hydroxylation is 1. The largest absolute Gasteiger partial charge is 0.489 e. The van der Waals surface area contributed by atoms with Crippen LogP contribution in [0.4, 0.5) is 5.69 Å². The molecule has 0 saturated carbocycles. The van der Waals surface area contributed by atoms with Crippen LogP contribution in [-0.4, -0.2) is 27.5 Å². The molecule has 142 valence electrons. The molecule has 0 aliphatic carbocycles. The normalized spacial score (nSPS) is 15.8. The molecule has 8 nitrogen and oxygen atoms in total. The van der Waals surface area contributed by atoms with E-state index in [9.17, 15) is 9.59 Å². The summed E-state index contributed by atoms with van der Waals surface area (Å²) in [5, 5.41) is 7.06. The maximum Gasteiger partial charge on any atom is 0.350 e. The lowest BCUT2D eigenvalue weighted by molar-refractivity contribution is -0.222. The number of nitrogens with one attached hydrogen (secondary N) is 1. The first kappa shape index (κ1) is 18.5. The predicted molar refractivity (Wildman–Crippen MR) is 96.7 cm³/mol. The molecule has 1 aromatic carbocycles. The summed E-state index contributed by atoms with van der Waals surface area (Å²) in [7, 11) is 1.88. The molecule has 0 amide bonds. The number of hydrogen-bond donors (Lipinski definition) is 1. The molecule has 1 aliphatic heterocycles. The summed E-state index contributed by atoms with van der Waals surface area (Å²) < 4.78 is 17.6. The molecular formula is C19H21N3O5. The van der Waals surface area contributed by atoms with E-state index < -0.39 is 17.7 Å². The number of nitrogens with zero attached hydrogens (tertiary/aromatic N) is 2. The molecular weight excluding hydrogens is 350 g/mol. The van der Waals surface area contributed by atoms with Crippen LogP contribution in [0, 0.1) is 6.92 Å². The van der Waals surface area contributed by atoms with E-state index in [0.29, 0.717) is 18.0 Å². The van der Waals surface area contributed by atoms with E-state index in [0.717, 1.165) is 11.3 Å². The lowest BCUT2D eigenvalue weighted by atomic mass is 10.2. The van der Waals surface area contributed by atoms with Crippen LogP contribution in [-0.2, 0) is 32.7 Å². The molecule has 0 spiro atoms. The van der Waals surface area contributed by atoms with Gasteiger partial charge in [-0.05, 0) is 31.2 Å². The van der Waals surface area contributed by atoms with Gasteiger partial charge in [0.25, 0.3) is 5.79 Å². The van der Waals surface area contributed by atoms with Crippen LogP contribution < -0.4 is 10.1 Å². The number of aromatic nitrogens is 2. The molecule has 8 heteroatoms. The molecule has 1 fully saturated rings. The minimum Gasteiger partial charge on any atom is -0.489 e. The number of anilines is 1. The van der Waals surface area contributed by atoms with Gasteiger partial charge in [0, 0.05) is 44.0 Å². The number of hydrogen-bond acceptors (Lipinski definition) is 7. The summed E-state index contributed by atoms with van der Waals surface area (Å²) >= 11 is 0. The van der Waals surface area contributed by atoms with Crippen molar-refractivity contribution in [1.29, 1.82) is 0 Å². The Bertz CT molecular complexity index is 875. The van der Waals surface area contributed by atoms with Gasteiger partial charge in [-0.2, -0.15) is 5.10 Å². The van der Waals surface area contributed by atoms with E-state index in [-0.39, 0.29) is 5.57 Å². The van der Waals surface area contributed by atoms with Gasteiger partial charge in [-0.3, -0.25) is 4.68 Å². The van der Waals surface area contributed by atoms with Gasteiger partial charge in [0.2, 0.25) is 0 Å². The zero-order valence-electron chi connectivity index (χ0n) is 15.6. The lowest BCUT2D eigenvalue weighted by Gasteiger charge is -2.29. The zero-order valence-corrected chi connectivity index (χ0v) is 15.6. The summed E-state index contributed by atoms with van der Waals surface area (Å²) in [4.78, 5) is 23.8. The van der Waals surface area contributed by atoms with Crippen molar-refractivity contribution in [2.45, 2.75) is 33.2 Å². The summed E-state index contributed by atoms with van der Waals surface area (Å²) in [6, 6.07) is 7.11. The third-order valence-corrected chi connectivity index (χ3v) is 4.09. The van der Waals surface area contributed by atoms with Crippen molar-refractivity contribution in [3.8, 4) is 5.75 Å². The Hall–Kier alpha value is -3.29. The quantitative estimate of drug-likeness (QED) is 0.490. The van der Waals surface area contributed by atoms with Gasteiger partial charge in [-0.25, -0.2) is 9.59 Å². The maximum absolute atomic E-state index is 11.9. The molecule has 2 heterocycles. The van der Waals surface area contributed by atoms with Crippen LogP contribution in [0.5, 0.6) is 5.75 Å². The number of carbonyl (C=O) groups excluding carboxylic acids is 2. The van der Waals surface area contributed by atoms with Crippen molar-refractivity contribution in [3.05, 3.63) is 53.5 Å². The van der Waals surface area contributed by atoms with Crippen molar-refractivity contribution in [2.75, 3.05) is 5.32 Å². The van der Waals surface area contributed by atoms with Gasteiger partial charge in [0.1, 0.15) is 12.4 Å². The van der Waals surface area contributed by atoms with Crippen LogP contribution >= 0.6 is 0 Å². The SMILES string of the molecule is Cc1c(COc2ccc(NC=C3C(=O)OC(C)(C)OC3=O)cc2)cnn1C. The van der Waals surface area contributed by atoms with Gasteiger partial charge in [-0.15, -0.1) is 0 Å². The summed E-state index contributed by atoms with van der Waals surface area (Å²) in [5.41, 5.74) is 2.55. The van der Waals surface area contributed by atoms with E-state index in [1.807, 2.05) is 14.0 Å². The average molecular weight is 371 g/mol. The topological polar surface area (TPSA) is 91.7 Å². The Kier molecular flexibility index (Phi) is 4.89. The molecule has 1 N–H and O–H groups in total. The van der Waals surface area contributed by atoms with Crippen LogP contribution in [0.3, 0.4) is 0 Å². The fourth-order valence-corrected chi connectivity index (χ4v) is 2.43. The van der Waals surface area contributed by atoms with Crippen molar-refractivity contribution in [3.63, 3.8) is 0 Å². The minimum atomic E-state index is -1.25. The number of carbonyl (C=O) groups is 2. The molecule has 1 aliphatic rings. The molecule has 1 aromatic heterocycles. The first-order valence-electron chi connectivity index (χ1n) is 8.39. The standard InChI is InChI=1S/C19H21N3O5/c1-12-13(9-21-22(12)4)11-25-15-7-5-14(6-8-15)20-10-16-17(23)26-19(2,3)27-18(16)24/h5-10,20H,11H2,1-4H3. The predicted octanol–water partition coefficient (Wildman–Crippen LogP) is 2.44. The van der Waals surface area contributed by atoms with Gasteiger partial charge < -0.3 is 19.5 Å². The Morgan fingerprint density at radius 3 is 2.37 bits per heavy atom. The number of rotatable bonds is 5. The second kappa shape index (κ2) is 7.14. The van der Waals surface area contributed by atoms with Crippen LogP contribution in [0.15, 0.2) is 42.2 Å². The van der Waals surface area contributed by atoms with E-state index in [2.05, 4.69) is 10.4 Å². The summed E-state index contributed by atoms with van der Waals surface area (Å²) in [5.74, 6) is -2.02. The van der Waals surface area contributed by atoms with Crippen molar-refractivity contribution in [2.24, 2.45) is 7.05 Å². The Morgan fingerprint density at radius 2 is 1.81 bits per heavy atom. The fourth-order valence-electron chi connectivity index (χ4n) is 2.43. The van der Waals surface area contributed by atoms with Crippen molar-refractivity contribution < 1.29 is 23.8 Å². The maximum atomic E-state index is 11.9. The van der Waals surface area contributed by atoms with E-state index in [4.69, 9.17) is 14.2 Å². The van der Waals surface area contributed by atoms with Crippen molar-refractivity contribution in [1.82, 2.24) is 9.78 Å². The van der Waals surface area contributed by atoms with E-state index >= 15 is 0 Å². The van der Waals surface area contributed by atoms with E-state index in [1.54, 1.807) is 35.1 Å². The first-order valence-corrected chi connectivity index (χ1v) is 8.39. The summed E-state index contributed by atoms with van der Waals surface area (Å²) in [6.45, 7) is 5.40. The molecule has 0 radical (unpaired) electrons. The fraction of sp³-hybridized carbons (Fsp3) is 0.316. The average Bonchev–Trinajstić information content (AvgIpc) is 2.91. The molecule has 0 unspecified atom stereocenters. The zero-order chi connectivity index (χ0) is 19.6. The number of esters is 2. The Morgan fingerprint density at radius 1 is 1.19 bits per heavy atom. The van der Waals surface area contributed by atoms with Crippen molar-refractivity contribution >= 4 is 17.6 Å². The molecule has 1 saturated heterocycles. The second-order valence-corrected chi connectivity index (χ2v) is 6.57. The molecule has 27 heavy (non-hydrogen) atoms. The summed E-state index contributed by atoms with van der Waals surface area (Å²) in [6.07, 6.45) is 3.05.